The van der Waals surface area contributed by atoms with Crippen LogP contribution >= 0.6 is 0 Å². The highest BCUT2D eigenvalue weighted by Crippen LogP contribution is 2.20. The van der Waals surface area contributed by atoms with Crippen molar-refractivity contribution in [2.45, 2.75) is 19.3 Å². The maximum absolute atomic E-state index is 12.5. The van der Waals surface area contributed by atoms with Crippen molar-refractivity contribution < 1.29 is 13.5 Å². The first-order chi connectivity index (χ1) is 7.03. The second kappa shape index (κ2) is 4.74. The van der Waals surface area contributed by atoms with E-state index < -0.39 is 5.92 Å². The van der Waals surface area contributed by atoms with E-state index in [-0.39, 0.29) is 13.0 Å². The molecule has 0 aliphatic heterocycles. The van der Waals surface area contributed by atoms with Crippen molar-refractivity contribution >= 4 is 0 Å². The molecule has 0 fully saturated rings. The van der Waals surface area contributed by atoms with Crippen LogP contribution in [0.25, 0.3) is 0 Å². The highest BCUT2D eigenvalue weighted by Gasteiger charge is 2.20. The first-order valence-corrected chi connectivity index (χ1v) is 4.53. The maximum atomic E-state index is 12.5. The molecule has 0 bridgehead atoms. The van der Waals surface area contributed by atoms with Crippen LogP contribution in [0.3, 0.4) is 0 Å². The van der Waals surface area contributed by atoms with Gasteiger partial charge < -0.3 is 4.74 Å². The van der Waals surface area contributed by atoms with Gasteiger partial charge in [0.25, 0.3) is 0 Å². The van der Waals surface area contributed by atoms with Crippen molar-refractivity contribution in [3.63, 3.8) is 0 Å². The Morgan fingerprint density at radius 2 is 2.07 bits per heavy atom. The zero-order valence-corrected chi connectivity index (χ0v) is 8.34. The van der Waals surface area contributed by atoms with Gasteiger partial charge in [0, 0.05) is 6.42 Å². The van der Waals surface area contributed by atoms with E-state index in [1.54, 1.807) is 24.3 Å². The van der Waals surface area contributed by atoms with E-state index in [9.17, 15) is 8.78 Å². The summed E-state index contributed by atoms with van der Waals surface area (Å²) in [4.78, 5) is 0. The molecular formula is C11H11F2NO. The predicted octanol–water partition coefficient (Wildman–Crippen LogP) is 2.98. The molecule has 0 aliphatic rings. The maximum Gasteiger partial charge on any atom is 0.248 e. The molecule has 0 amide bonds. The summed E-state index contributed by atoms with van der Waals surface area (Å²) in [5.41, 5.74) is 0.358. The molecule has 0 radical (unpaired) electrons. The third kappa shape index (κ3) is 3.94. The smallest absolute Gasteiger partial charge is 0.248 e. The molecule has 1 aromatic rings. The summed E-state index contributed by atoms with van der Waals surface area (Å²) in [5.74, 6) is -2.38. The lowest BCUT2D eigenvalue weighted by Crippen LogP contribution is -2.14. The van der Waals surface area contributed by atoms with Gasteiger partial charge in [0.2, 0.25) is 5.92 Å². The number of ether oxygens (including phenoxy) is 1. The van der Waals surface area contributed by atoms with E-state index in [2.05, 4.69) is 0 Å². The van der Waals surface area contributed by atoms with Crippen LogP contribution in [0.5, 0.6) is 5.75 Å². The summed E-state index contributed by atoms with van der Waals surface area (Å²) in [7, 11) is 0. The quantitative estimate of drug-likeness (QED) is 0.767. The third-order valence-corrected chi connectivity index (χ3v) is 1.81. The number of halogens is 2. The zero-order valence-electron chi connectivity index (χ0n) is 8.34. The van der Waals surface area contributed by atoms with Gasteiger partial charge in [-0.3, -0.25) is 0 Å². The molecule has 1 aromatic carbocycles. The largest absolute Gasteiger partial charge is 0.492 e. The highest BCUT2D eigenvalue weighted by molar-refractivity contribution is 5.42. The molecule has 80 valence electrons. The van der Waals surface area contributed by atoms with Gasteiger partial charge in [-0.1, -0.05) is 12.1 Å². The number of benzene rings is 1. The summed E-state index contributed by atoms with van der Waals surface area (Å²) >= 11 is 0. The number of hydrogen-bond acceptors (Lipinski definition) is 2. The minimum absolute atomic E-state index is 0.0950. The number of para-hydroxylation sites is 1. The molecule has 0 spiro atoms. The molecule has 0 unspecified atom stereocenters. The summed E-state index contributed by atoms with van der Waals surface area (Å²) in [6, 6.07) is 8.49. The Morgan fingerprint density at radius 1 is 1.40 bits per heavy atom. The van der Waals surface area contributed by atoms with Gasteiger partial charge in [-0.05, 0) is 19.1 Å². The monoisotopic (exact) mass is 211 g/mol. The zero-order chi connectivity index (χ0) is 11.3. The average Bonchev–Trinajstić information content (AvgIpc) is 2.16. The van der Waals surface area contributed by atoms with Crippen molar-refractivity contribution in [2.75, 3.05) is 6.61 Å². The van der Waals surface area contributed by atoms with E-state index >= 15 is 0 Å². The molecule has 0 atom stereocenters. The van der Waals surface area contributed by atoms with Crippen LogP contribution in [-0.4, -0.2) is 12.5 Å². The first kappa shape index (κ1) is 11.4. The second-order valence-electron chi connectivity index (χ2n) is 3.28. The van der Waals surface area contributed by atoms with Crippen LogP contribution < -0.4 is 4.74 Å². The Labute approximate surface area is 87.1 Å². The predicted molar refractivity (Wildman–Crippen MR) is 51.9 cm³/mol. The Kier molecular flexibility index (Phi) is 3.62. The lowest BCUT2D eigenvalue weighted by molar-refractivity contribution is 0.000835. The topological polar surface area (TPSA) is 33.0 Å². The van der Waals surface area contributed by atoms with Crippen LogP contribution in [0, 0.1) is 11.3 Å². The van der Waals surface area contributed by atoms with E-state index in [1.165, 1.54) is 0 Å². The third-order valence-electron chi connectivity index (χ3n) is 1.81. The van der Waals surface area contributed by atoms with E-state index in [4.69, 9.17) is 10.00 Å². The van der Waals surface area contributed by atoms with Crippen molar-refractivity contribution in [2.24, 2.45) is 0 Å². The SMILES string of the molecule is CC(F)(F)CCOc1ccccc1C#N. The fourth-order valence-electron chi connectivity index (χ4n) is 1.03. The Balaban J connectivity index is 2.55. The second-order valence-corrected chi connectivity index (χ2v) is 3.28. The molecule has 4 heteroatoms. The number of alkyl halides is 2. The van der Waals surface area contributed by atoms with Gasteiger partial charge in [0.15, 0.2) is 0 Å². The van der Waals surface area contributed by atoms with Gasteiger partial charge in [0.05, 0.1) is 12.2 Å². The number of hydrogen-bond donors (Lipinski definition) is 0. The molecule has 0 saturated carbocycles. The standard InChI is InChI=1S/C11H11F2NO/c1-11(12,13)6-7-15-10-5-3-2-4-9(10)8-14/h2-5H,6-7H2,1H3. The molecule has 1 rings (SSSR count). The van der Waals surface area contributed by atoms with Crippen LogP contribution in [0.1, 0.15) is 18.9 Å². The van der Waals surface area contributed by atoms with Crippen molar-refractivity contribution in [3.8, 4) is 11.8 Å². The number of nitriles is 1. The molecule has 0 aliphatic carbocycles. The summed E-state index contributed by atoms with van der Waals surface area (Å²) in [5, 5.41) is 8.70. The Bertz CT molecular complexity index is 366. The van der Waals surface area contributed by atoms with Gasteiger partial charge in [-0.2, -0.15) is 5.26 Å². The molecule has 15 heavy (non-hydrogen) atoms. The Morgan fingerprint density at radius 3 is 2.67 bits per heavy atom. The van der Waals surface area contributed by atoms with Gasteiger partial charge >= 0.3 is 0 Å². The summed E-state index contributed by atoms with van der Waals surface area (Å²) in [6.45, 7) is 0.745. The minimum Gasteiger partial charge on any atom is -0.492 e. The van der Waals surface area contributed by atoms with Crippen LogP contribution in [0.15, 0.2) is 24.3 Å². The lowest BCUT2D eigenvalue weighted by Gasteiger charge is -2.11. The van der Waals surface area contributed by atoms with E-state index in [0.717, 1.165) is 6.92 Å². The molecule has 0 heterocycles. The average molecular weight is 211 g/mol. The van der Waals surface area contributed by atoms with Gasteiger partial charge in [-0.25, -0.2) is 8.78 Å². The fraction of sp³-hybridized carbons (Fsp3) is 0.364. The molecule has 0 aromatic heterocycles. The minimum atomic E-state index is -2.73. The normalized spacial score (nSPS) is 10.8. The summed E-state index contributed by atoms with van der Waals surface area (Å²) < 4.78 is 30.0. The molecule has 0 saturated heterocycles. The Hall–Kier alpha value is -1.63. The molecular weight excluding hydrogens is 200 g/mol. The fourth-order valence-corrected chi connectivity index (χ4v) is 1.03. The van der Waals surface area contributed by atoms with Gasteiger partial charge in [0.1, 0.15) is 11.8 Å². The van der Waals surface area contributed by atoms with E-state index in [1.807, 2.05) is 6.07 Å². The van der Waals surface area contributed by atoms with Crippen molar-refractivity contribution in [1.29, 1.82) is 5.26 Å². The van der Waals surface area contributed by atoms with Crippen LogP contribution in [0.4, 0.5) is 8.78 Å². The van der Waals surface area contributed by atoms with Gasteiger partial charge in [-0.15, -0.1) is 0 Å². The van der Waals surface area contributed by atoms with Crippen LogP contribution in [0.2, 0.25) is 0 Å². The highest BCUT2D eigenvalue weighted by atomic mass is 19.3. The summed E-state index contributed by atoms with van der Waals surface area (Å²) in [6.07, 6.45) is -0.354. The van der Waals surface area contributed by atoms with Crippen molar-refractivity contribution in [1.82, 2.24) is 0 Å². The molecule has 0 N–H and O–H groups in total. The lowest BCUT2D eigenvalue weighted by atomic mass is 10.2. The number of rotatable bonds is 4. The van der Waals surface area contributed by atoms with Crippen molar-refractivity contribution in [3.05, 3.63) is 29.8 Å². The first-order valence-electron chi connectivity index (χ1n) is 4.53. The molecule has 2 nitrogen and oxygen atoms in total. The van der Waals surface area contributed by atoms with Crippen LogP contribution in [-0.2, 0) is 0 Å². The van der Waals surface area contributed by atoms with E-state index in [0.29, 0.717) is 11.3 Å². The number of nitrogens with zero attached hydrogens (tertiary/aromatic N) is 1.